The normalized spacial score (nSPS) is 14.1. The highest BCUT2D eigenvalue weighted by Crippen LogP contribution is 2.24. The third-order valence-electron chi connectivity index (χ3n) is 4.08. The maximum Gasteiger partial charge on any atom is 0.240 e. The van der Waals surface area contributed by atoms with Gasteiger partial charge in [-0.25, -0.2) is 17.5 Å². The van der Waals surface area contributed by atoms with E-state index in [2.05, 4.69) is 4.72 Å². The van der Waals surface area contributed by atoms with Gasteiger partial charge in [0.05, 0.1) is 4.90 Å². The van der Waals surface area contributed by atoms with Gasteiger partial charge in [0.2, 0.25) is 10.0 Å². The highest BCUT2D eigenvalue weighted by Gasteiger charge is 2.18. The molecule has 0 atom stereocenters. The molecule has 1 aliphatic rings. The highest BCUT2D eigenvalue weighted by molar-refractivity contribution is 7.89. The Morgan fingerprint density at radius 2 is 1.86 bits per heavy atom. The number of fused-ring (bicyclic) bond motifs is 1. The van der Waals surface area contributed by atoms with Gasteiger partial charge in [0.25, 0.3) is 0 Å². The smallest absolute Gasteiger partial charge is 0.207 e. The van der Waals surface area contributed by atoms with Crippen LogP contribution in [0.2, 0.25) is 0 Å². The van der Waals surface area contributed by atoms with Crippen molar-refractivity contribution in [1.29, 1.82) is 0 Å². The van der Waals surface area contributed by atoms with Crippen LogP contribution in [0.5, 0.6) is 0 Å². The molecule has 0 spiro atoms. The van der Waals surface area contributed by atoms with E-state index in [1.165, 1.54) is 11.6 Å². The molecule has 0 amide bonds. The van der Waals surface area contributed by atoms with Crippen LogP contribution in [0.15, 0.2) is 41.3 Å². The predicted molar refractivity (Wildman–Crippen MR) is 83.6 cm³/mol. The van der Waals surface area contributed by atoms with Gasteiger partial charge >= 0.3 is 0 Å². The Labute approximate surface area is 130 Å². The quantitative estimate of drug-likeness (QED) is 0.941. The zero-order valence-corrected chi connectivity index (χ0v) is 13.2. The van der Waals surface area contributed by atoms with Crippen LogP contribution in [-0.2, 0) is 29.4 Å². The van der Waals surface area contributed by atoms with Crippen LogP contribution in [0.1, 0.15) is 28.7 Å². The average Bonchev–Trinajstić information content (AvgIpc) is 2.96. The molecule has 22 heavy (non-hydrogen) atoms. The predicted octanol–water partition coefficient (Wildman–Crippen LogP) is 3.10. The third-order valence-corrected chi connectivity index (χ3v) is 5.48. The molecule has 0 heterocycles. The fourth-order valence-corrected chi connectivity index (χ4v) is 3.79. The number of nitrogens with one attached hydrogen (secondary N) is 1. The molecule has 3 rings (SSSR count). The van der Waals surface area contributed by atoms with E-state index in [0.717, 1.165) is 24.8 Å². The Bertz CT molecular complexity index is 815. The van der Waals surface area contributed by atoms with Gasteiger partial charge < -0.3 is 0 Å². The summed E-state index contributed by atoms with van der Waals surface area (Å²) in [4.78, 5) is 0.278. The second kappa shape index (κ2) is 5.82. The highest BCUT2D eigenvalue weighted by atomic mass is 32.2. The molecule has 0 bridgehead atoms. The van der Waals surface area contributed by atoms with Crippen molar-refractivity contribution in [2.24, 2.45) is 0 Å². The SMILES string of the molecule is Cc1ccc(CNS(=O)(=O)c2ccc3c(c2)CCC3)cc1F. The number of hydrogen-bond acceptors (Lipinski definition) is 2. The Morgan fingerprint density at radius 1 is 1.09 bits per heavy atom. The van der Waals surface area contributed by atoms with Gasteiger partial charge in [0.15, 0.2) is 0 Å². The van der Waals surface area contributed by atoms with Crippen LogP contribution >= 0.6 is 0 Å². The van der Waals surface area contributed by atoms with Crippen molar-refractivity contribution in [2.75, 3.05) is 0 Å². The van der Waals surface area contributed by atoms with E-state index in [9.17, 15) is 12.8 Å². The van der Waals surface area contributed by atoms with Crippen LogP contribution in [0.25, 0.3) is 0 Å². The molecule has 0 fully saturated rings. The molecular formula is C17H18FNO2S. The lowest BCUT2D eigenvalue weighted by Crippen LogP contribution is -2.23. The fraction of sp³-hybridized carbons (Fsp3) is 0.294. The number of halogens is 1. The zero-order chi connectivity index (χ0) is 15.7. The Hall–Kier alpha value is -1.72. The van der Waals surface area contributed by atoms with E-state index in [0.29, 0.717) is 11.1 Å². The molecule has 0 saturated carbocycles. The van der Waals surface area contributed by atoms with Gasteiger partial charge in [-0.05, 0) is 66.6 Å². The maximum atomic E-state index is 13.5. The van der Waals surface area contributed by atoms with E-state index in [1.807, 2.05) is 6.07 Å². The van der Waals surface area contributed by atoms with Gasteiger partial charge in [0.1, 0.15) is 5.82 Å². The molecular weight excluding hydrogens is 301 g/mol. The van der Waals surface area contributed by atoms with Crippen molar-refractivity contribution in [3.8, 4) is 0 Å². The summed E-state index contributed by atoms with van der Waals surface area (Å²) in [5.74, 6) is -0.325. The Morgan fingerprint density at radius 3 is 2.64 bits per heavy atom. The van der Waals surface area contributed by atoms with E-state index in [-0.39, 0.29) is 17.3 Å². The number of benzene rings is 2. The summed E-state index contributed by atoms with van der Waals surface area (Å²) < 4.78 is 40.7. The molecule has 1 N–H and O–H groups in total. The number of sulfonamides is 1. The first-order valence-corrected chi connectivity index (χ1v) is 8.80. The Balaban J connectivity index is 1.77. The monoisotopic (exact) mass is 319 g/mol. The molecule has 2 aromatic carbocycles. The van der Waals surface area contributed by atoms with Crippen LogP contribution in [0.3, 0.4) is 0 Å². The molecule has 1 aliphatic carbocycles. The number of aryl methyl sites for hydroxylation is 3. The van der Waals surface area contributed by atoms with Gasteiger partial charge in [-0.1, -0.05) is 18.2 Å². The van der Waals surface area contributed by atoms with Gasteiger partial charge in [0, 0.05) is 6.54 Å². The first-order chi connectivity index (χ1) is 10.5. The van der Waals surface area contributed by atoms with Crippen molar-refractivity contribution >= 4 is 10.0 Å². The van der Waals surface area contributed by atoms with Gasteiger partial charge in [-0.15, -0.1) is 0 Å². The van der Waals surface area contributed by atoms with Crippen LogP contribution in [0.4, 0.5) is 4.39 Å². The minimum absolute atomic E-state index is 0.0800. The largest absolute Gasteiger partial charge is 0.240 e. The van der Waals surface area contributed by atoms with Gasteiger partial charge in [-0.2, -0.15) is 0 Å². The van der Waals surface area contributed by atoms with E-state index in [1.54, 1.807) is 31.2 Å². The maximum absolute atomic E-state index is 13.5. The topological polar surface area (TPSA) is 46.2 Å². The number of hydrogen-bond donors (Lipinski definition) is 1. The minimum atomic E-state index is -3.58. The lowest BCUT2D eigenvalue weighted by atomic mass is 10.1. The van der Waals surface area contributed by atoms with Crippen molar-refractivity contribution < 1.29 is 12.8 Å². The Kier molecular flexibility index (Phi) is 4.02. The van der Waals surface area contributed by atoms with Crippen molar-refractivity contribution in [3.63, 3.8) is 0 Å². The average molecular weight is 319 g/mol. The molecule has 0 unspecified atom stereocenters. The van der Waals surface area contributed by atoms with E-state index in [4.69, 9.17) is 0 Å². The first kappa shape index (κ1) is 15.2. The zero-order valence-electron chi connectivity index (χ0n) is 12.4. The lowest BCUT2D eigenvalue weighted by molar-refractivity contribution is 0.580. The molecule has 116 valence electrons. The molecule has 5 heteroatoms. The number of rotatable bonds is 4. The molecule has 2 aromatic rings. The van der Waals surface area contributed by atoms with Crippen molar-refractivity contribution in [1.82, 2.24) is 4.72 Å². The molecule has 0 saturated heterocycles. The second-order valence-corrected chi connectivity index (χ2v) is 7.46. The summed E-state index contributed by atoms with van der Waals surface area (Å²) in [7, 11) is -3.58. The summed E-state index contributed by atoms with van der Waals surface area (Å²) in [5.41, 5.74) is 3.50. The second-order valence-electron chi connectivity index (χ2n) is 5.69. The van der Waals surface area contributed by atoms with Crippen LogP contribution in [0, 0.1) is 12.7 Å². The molecule has 0 aromatic heterocycles. The summed E-state index contributed by atoms with van der Waals surface area (Å²) in [6, 6.07) is 10.0. The van der Waals surface area contributed by atoms with E-state index < -0.39 is 10.0 Å². The van der Waals surface area contributed by atoms with Gasteiger partial charge in [-0.3, -0.25) is 0 Å². The summed E-state index contributed by atoms with van der Waals surface area (Å²) in [6.07, 6.45) is 3.03. The molecule has 3 nitrogen and oxygen atoms in total. The molecule has 0 radical (unpaired) electrons. The summed E-state index contributed by atoms with van der Waals surface area (Å²) in [6.45, 7) is 1.75. The first-order valence-electron chi connectivity index (χ1n) is 7.32. The van der Waals surface area contributed by atoms with Crippen molar-refractivity contribution in [3.05, 3.63) is 64.5 Å². The fourth-order valence-electron chi connectivity index (χ4n) is 2.72. The van der Waals surface area contributed by atoms with Crippen molar-refractivity contribution in [2.45, 2.75) is 37.6 Å². The third kappa shape index (κ3) is 3.05. The summed E-state index contributed by atoms with van der Waals surface area (Å²) in [5, 5.41) is 0. The standard InChI is InChI=1S/C17H18FNO2S/c1-12-5-6-13(9-17(12)18)11-19-22(20,21)16-8-7-14-3-2-4-15(14)10-16/h5-10,19H,2-4,11H2,1H3. The summed E-state index contributed by atoms with van der Waals surface area (Å²) >= 11 is 0. The lowest BCUT2D eigenvalue weighted by Gasteiger charge is -2.09. The van der Waals surface area contributed by atoms with E-state index >= 15 is 0 Å². The van der Waals surface area contributed by atoms with Crippen LogP contribution < -0.4 is 4.72 Å². The molecule has 0 aliphatic heterocycles. The minimum Gasteiger partial charge on any atom is -0.207 e. The van der Waals surface area contributed by atoms with Crippen LogP contribution in [-0.4, -0.2) is 8.42 Å².